The molecule has 7 nitrogen and oxygen atoms in total. The summed E-state index contributed by atoms with van der Waals surface area (Å²) in [6.07, 6.45) is 4.56. The Morgan fingerprint density at radius 1 is 1.27 bits per heavy atom. The van der Waals surface area contributed by atoms with Crippen molar-refractivity contribution in [3.05, 3.63) is 41.5 Å². The highest BCUT2D eigenvalue weighted by molar-refractivity contribution is 5.99. The monoisotopic (exact) mass is 356 g/mol. The standard InChI is InChI=1S/C19H24N4O3/c1-13-7-16(8-14(2)19(13)26-3)18(25)15-5-4-6-22(9-15)17(24)10-23-12-20-11-21-23/h7-8,11-12,15H,4-6,9-10H2,1-3H3. The van der Waals surface area contributed by atoms with Gasteiger partial charge in [0.1, 0.15) is 24.9 Å². The SMILES string of the molecule is COc1c(C)cc(C(=O)C2CCCN(C(=O)Cn3cncn3)C2)cc1C. The van der Waals surface area contributed by atoms with Crippen molar-refractivity contribution in [1.29, 1.82) is 0 Å². The van der Waals surface area contributed by atoms with Crippen LogP contribution in [0.1, 0.15) is 34.3 Å². The van der Waals surface area contributed by atoms with Gasteiger partial charge in [0, 0.05) is 24.6 Å². The molecule has 0 aliphatic carbocycles. The quantitative estimate of drug-likeness (QED) is 0.766. The highest BCUT2D eigenvalue weighted by Gasteiger charge is 2.29. The fraction of sp³-hybridized carbons (Fsp3) is 0.474. The van der Waals surface area contributed by atoms with E-state index >= 15 is 0 Å². The van der Waals surface area contributed by atoms with Crippen LogP contribution in [0.4, 0.5) is 0 Å². The van der Waals surface area contributed by atoms with Gasteiger partial charge in [-0.05, 0) is 49.9 Å². The van der Waals surface area contributed by atoms with Crippen molar-refractivity contribution in [3.63, 3.8) is 0 Å². The summed E-state index contributed by atoms with van der Waals surface area (Å²) in [5, 5.41) is 3.97. The molecule has 1 atom stereocenters. The van der Waals surface area contributed by atoms with Crippen LogP contribution in [-0.2, 0) is 11.3 Å². The number of Topliss-reactive ketones (excluding diaryl/α,β-unsaturated/α-hetero) is 1. The third-order valence-electron chi connectivity index (χ3n) is 4.86. The van der Waals surface area contributed by atoms with E-state index in [4.69, 9.17) is 4.74 Å². The molecule has 0 spiro atoms. The molecule has 1 aliphatic heterocycles. The third-order valence-corrected chi connectivity index (χ3v) is 4.86. The Morgan fingerprint density at radius 3 is 2.62 bits per heavy atom. The highest BCUT2D eigenvalue weighted by Crippen LogP contribution is 2.27. The molecule has 2 aromatic rings. The molecular formula is C19H24N4O3. The maximum atomic E-state index is 13.0. The van der Waals surface area contributed by atoms with Crippen LogP contribution in [0.3, 0.4) is 0 Å². The normalized spacial score (nSPS) is 17.2. The lowest BCUT2D eigenvalue weighted by Gasteiger charge is -2.32. The Bertz CT molecular complexity index is 778. The Balaban J connectivity index is 1.71. The molecule has 1 aromatic carbocycles. The third kappa shape index (κ3) is 3.76. The van der Waals surface area contributed by atoms with Crippen LogP contribution >= 0.6 is 0 Å². The molecule has 1 saturated heterocycles. The lowest BCUT2D eigenvalue weighted by Crippen LogP contribution is -2.43. The van der Waals surface area contributed by atoms with Gasteiger partial charge >= 0.3 is 0 Å². The second-order valence-electron chi connectivity index (χ2n) is 6.78. The molecule has 7 heteroatoms. The summed E-state index contributed by atoms with van der Waals surface area (Å²) >= 11 is 0. The van der Waals surface area contributed by atoms with Crippen molar-refractivity contribution in [2.24, 2.45) is 5.92 Å². The molecule has 138 valence electrons. The van der Waals surface area contributed by atoms with Crippen molar-refractivity contribution in [2.75, 3.05) is 20.2 Å². The van der Waals surface area contributed by atoms with E-state index in [1.165, 1.54) is 17.3 Å². The number of likely N-dealkylation sites (tertiary alicyclic amines) is 1. The molecule has 1 amide bonds. The number of piperidine rings is 1. The lowest BCUT2D eigenvalue weighted by atomic mass is 9.88. The Kier molecular flexibility index (Phi) is 5.35. The predicted molar refractivity (Wildman–Crippen MR) is 96.1 cm³/mol. The molecule has 1 unspecified atom stereocenters. The number of aryl methyl sites for hydroxylation is 2. The molecule has 2 heterocycles. The summed E-state index contributed by atoms with van der Waals surface area (Å²) < 4.78 is 6.88. The van der Waals surface area contributed by atoms with Gasteiger partial charge < -0.3 is 9.64 Å². The van der Waals surface area contributed by atoms with Gasteiger partial charge in [-0.25, -0.2) is 9.67 Å². The molecule has 1 aromatic heterocycles. The molecule has 1 fully saturated rings. The van der Waals surface area contributed by atoms with E-state index in [1.807, 2.05) is 26.0 Å². The van der Waals surface area contributed by atoms with Gasteiger partial charge in [0.05, 0.1) is 7.11 Å². The van der Waals surface area contributed by atoms with Crippen molar-refractivity contribution >= 4 is 11.7 Å². The van der Waals surface area contributed by atoms with Gasteiger partial charge in [-0.15, -0.1) is 0 Å². The first-order valence-corrected chi connectivity index (χ1v) is 8.79. The first-order chi connectivity index (χ1) is 12.5. The maximum absolute atomic E-state index is 13.0. The number of hydrogen-bond acceptors (Lipinski definition) is 5. The van der Waals surface area contributed by atoms with Crippen LogP contribution in [0.15, 0.2) is 24.8 Å². The number of carbonyl (C=O) groups is 2. The molecule has 26 heavy (non-hydrogen) atoms. The number of carbonyl (C=O) groups excluding carboxylic acids is 2. The Labute approximate surface area is 153 Å². The Hall–Kier alpha value is -2.70. The first-order valence-electron chi connectivity index (χ1n) is 8.79. The summed E-state index contributed by atoms with van der Waals surface area (Å²) in [6, 6.07) is 3.76. The first kappa shape index (κ1) is 18.1. The summed E-state index contributed by atoms with van der Waals surface area (Å²) in [5.74, 6) is 0.706. The van der Waals surface area contributed by atoms with Crippen LogP contribution < -0.4 is 4.74 Å². The number of ether oxygens (including phenoxy) is 1. The van der Waals surface area contributed by atoms with Gasteiger partial charge in [0.25, 0.3) is 0 Å². The number of nitrogens with zero attached hydrogens (tertiary/aromatic N) is 4. The van der Waals surface area contributed by atoms with E-state index < -0.39 is 0 Å². The molecule has 0 saturated carbocycles. The zero-order valence-corrected chi connectivity index (χ0v) is 15.4. The van der Waals surface area contributed by atoms with E-state index in [0.717, 1.165) is 29.7 Å². The van der Waals surface area contributed by atoms with Gasteiger partial charge in [-0.1, -0.05) is 0 Å². The zero-order valence-electron chi connectivity index (χ0n) is 15.4. The number of ketones is 1. The van der Waals surface area contributed by atoms with E-state index in [0.29, 0.717) is 18.7 Å². The largest absolute Gasteiger partial charge is 0.496 e. The minimum absolute atomic E-state index is 0.0323. The topological polar surface area (TPSA) is 77.3 Å². The molecule has 1 aliphatic rings. The molecule has 3 rings (SSSR count). The number of amides is 1. The minimum Gasteiger partial charge on any atom is -0.496 e. The van der Waals surface area contributed by atoms with Gasteiger partial charge in [0.15, 0.2) is 5.78 Å². The fourth-order valence-electron chi connectivity index (χ4n) is 3.62. The molecule has 0 bridgehead atoms. The smallest absolute Gasteiger partial charge is 0.244 e. The summed E-state index contributed by atoms with van der Waals surface area (Å²) in [5.41, 5.74) is 2.59. The molecule has 0 radical (unpaired) electrons. The van der Waals surface area contributed by atoms with Crippen molar-refractivity contribution < 1.29 is 14.3 Å². The minimum atomic E-state index is -0.171. The zero-order chi connectivity index (χ0) is 18.7. The van der Waals surface area contributed by atoms with Crippen LogP contribution in [-0.4, -0.2) is 51.6 Å². The van der Waals surface area contributed by atoms with E-state index in [9.17, 15) is 9.59 Å². The highest BCUT2D eigenvalue weighted by atomic mass is 16.5. The number of hydrogen-bond donors (Lipinski definition) is 0. The number of rotatable bonds is 5. The summed E-state index contributed by atoms with van der Waals surface area (Å²) in [7, 11) is 1.64. The summed E-state index contributed by atoms with van der Waals surface area (Å²) in [6.45, 7) is 5.17. The average Bonchev–Trinajstić information content (AvgIpc) is 3.14. The van der Waals surface area contributed by atoms with E-state index in [-0.39, 0.29) is 24.2 Å². The molecule has 0 N–H and O–H groups in total. The van der Waals surface area contributed by atoms with Crippen LogP contribution in [0.2, 0.25) is 0 Å². The van der Waals surface area contributed by atoms with Gasteiger partial charge in [-0.3, -0.25) is 9.59 Å². The van der Waals surface area contributed by atoms with Crippen molar-refractivity contribution in [1.82, 2.24) is 19.7 Å². The van der Waals surface area contributed by atoms with Crippen LogP contribution in [0, 0.1) is 19.8 Å². The van der Waals surface area contributed by atoms with Crippen LogP contribution in [0.25, 0.3) is 0 Å². The van der Waals surface area contributed by atoms with Gasteiger partial charge in [0.2, 0.25) is 5.91 Å². The summed E-state index contributed by atoms with van der Waals surface area (Å²) in [4.78, 5) is 31.1. The molecular weight excluding hydrogens is 332 g/mol. The second kappa shape index (κ2) is 7.68. The number of benzene rings is 1. The number of methoxy groups -OCH3 is 1. The van der Waals surface area contributed by atoms with Crippen molar-refractivity contribution in [3.8, 4) is 5.75 Å². The Morgan fingerprint density at radius 2 is 2.00 bits per heavy atom. The van der Waals surface area contributed by atoms with E-state index in [1.54, 1.807) is 12.0 Å². The number of aromatic nitrogens is 3. The predicted octanol–water partition coefficient (Wildman–Crippen LogP) is 2.03. The van der Waals surface area contributed by atoms with E-state index in [2.05, 4.69) is 10.1 Å². The van der Waals surface area contributed by atoms with Gasteiger partial charge in [-0.2, -0.15) is 5.10 Å². The maximum Gasteiger partial charge on any atom is 0.244 e. The second-order valence-corrected chi connectivity index (χ2v) is 6.78. The van der Waals surface area contributed by atoms with Crippen molar-refractivity contribution in [2.45, 2.75) is 33.2 Å². The fourth-order valence-corrected chi connectivity index (χ4v) is 3.62. The van der Waals surface area contributed by atoms with Crippen LogP contribution in [0.5, 0.6) is 5.75 Å². The average molecular weight is 356 g/mol. The lowest BCUT2D eigenvalue weighted by molar-refractivity contribution is -0.133.